The van der Waals surface area contributed by atoms with Crippen molar-refractivity contribution in [3.8, 4) is 0 Å². The number of alkyl carbamates (subject to hydrolysis) is 1. The van der Waals surface area contributed by atoms with Crippen LogP contribution in [0.15, 0.2) is 30.3 Å². The van der Waals surface area contributed by atoms with Gasteiger partial charge in [0.1, 0.15) is 12.6 Å². The van der Waals surface area contributed by atoms with Crippen LogP contribution in [-0.4, -0.2) is 86.1 Å². The standard InChI is InChI=1S/C25H40N3O8P/c1-4-7-18-33-25(31)28-16-14-27(15-17-28)23(29)22(13-19-37(32,35-5-2)36-6-3)26-24(30)34-20-21-11-9-8-10-12-21/h8-12,22H,4-7,13-20H2,1-3H3,(H,26,30). The van der Waals surface area contributed by atoms with Gasteiger partial charge in [0.2, 0.25) is 5.91 Å². The van der Waals surface area contributed by atoms with Crippen LogP contribution in [-0.2, 0) is 34.5 Å². The summed E-state index contributed by atoms with van der Waals surface area (Å²) in [5, 5.41) is 2.62. The maximum absolute atomic E-state index is 13.4. The number of ether oxygens (including phenoxy) is 2. The van der Waals surface area contributed by atoms with E-state index < -0.39 is 25.8 Å². The van der Waals surface area contributed by atoms with E-state index in [2.05, 4.69) is 5.32 Å². The molecule has 0 bridgehead atoms. The first-order valence-electron chi connectivity index (χ1n) is 12.9. The van der Waals surface area contributed by atoms with Crippen molar-refractivity contribution >= 4 is 25.7 Å². The largest absolute Gasteiger partial charge is 0.449 e. The van der Waals surface area contributed by atoms with Crippen LogP contribution in [0.3, 0.4) is 0 Å². The zero-order chi connectivity index (χ0) is 27.1. The minimum absolute atomic E-state index is 0.0375. The molecule has 1 atom stereocenters. The van der Waals surface area contributed by atoms with Crippen LogP contribution in [0.2, 0.25) is 0 Å². The topological polar surface area (TPSA) is 124 Å². The molecular formula is C25H40N3O8P. The smallest absolute Gasteiger partial charge is 0.409 e. The number of benzene rings is 1. The van der Waals surface area contributed by atoms with Crippen LogP contribution in [0.4, 0.5) is 9.59 Å². The van der Waals surface area contributed by atoms with E-state index in [1.165, 1.54) is 0 Å². The number of nitrogens with zero attached hydrogens (tertiary/aromatic N) is 2. The first-order chi connectivity index (χ1) is 17.8. The third-order valence-electron chi connectivity index (χ3n) is 5.72. The molecule has 0 radical (unpaired) electrons. The van der Waals surface area contributed by atoms with Crippen LogP contribution in [0.25, 0.3) is 0 Å². The van der Waals surface area contributed by atoms with Crippen molar-refractivity contribution in [1.82, 2.24) is 15.1 Å². The molecule has 1 aromatic rings. The highest BCUT2D eigenvalue weighted by molar-refractivity contribution is 7.53. The van der Waals surface area contributed by atoms with Crippen LogP contribution in [0.5, 0.6) is 0 Å². The number of hydrogen-bond acceptors (Lipinski definition) is 8. The summed E-state index contributed by atoms with van der Waals surface area (Å²) in [6.45, 7) is 7.44. The molecule has 12 heteroatoms. The van der Waals surface area contributed by atoms with Crippen molar-refractivity contribution in [2.24, 2.45) is 0 Å². The van der Waals surface area contributed by atoms with Gasteiger partial charge in [0.05, 0.1) is 26.0 Å². The maximum Gasteiger partial charge on any atom is 0.409 e. The lowest BCUT2D eigenvalue weighted by atomic mass is 10.1. The van der Waals surface area contributed by atoms with Gasteiger partial charge in [-0.05, 0) is 32.3 Å². The first-order valence-corrected chi connectivity index (χ1v) is 14.6. The zero-order valence-corrected chi connectivity index (χ0v) is 23.0. The Kier molecular flexibility index (Phi) is 13.5. The zero-order valence-electron chi connectivity index (χ0n) is 22.1. The molecule has 1 N–H and O–H groups in total. The van der Waals surface area contributed by atoms with Crippen LogP contribution in [0, 0.1) is 0 Å². The minimum Gasteiger partial charge on any atom is -0.449 e. The van der Waals surface area contributed by atoms with Gasteiger partial charge in [-0.2, -0.15) is 0 Å². The molecule has 1 aliphatic rings. The number of nitrogens with one attached hydrogen (secondary N) is 1. The molecule has 2 rings (SSSR count). The Balaban J connectivity index is 2.01. The molecule has 3 amide bonds. The van der Waals surface area contributed by atoms with E-state index in [1.54, 1.807) is 23.6 Å². The number of carbonyl (C=O) groups is 3. The van der Waals surface area contributed by atoms with Gasteiger partial charge >= 0.3 is 19.8 Å². The molecule has 1 fully saturated rings. The fourth-order valence-corrected chi connectivity index (χ4v) is 5.43. The molecule has 208 valence electrons. The second kappa shape index (κ2) is 16.3. The van der Waals surface area contributed by atoms with E-state index >= 15 is 0 Å². The normalized spacial score (nSPS) is 14.7. The van der Waals surface area contributed by atoms with Gasteiger partial charge < -0.3 is 33.6 Å². The van der Waals surface area contributed by atoms with Crippen LogP contribution < -0.4 is 5.32 Å². The third kappa shape index (κ3) is 10.7. The Morgan fingerprint density at radius 3 is 2.16 bits per heavy atom. The summed E-state index contributed by atoms with van der Waals surface area (Å²) in [5.41, 5.74) is 0.805. The maximum atomic E-state index is 13.4. The molecule has 11 nitrogen and oxygen atoms in total. The molecule has 37 heavy (non-hydrogen) atoms. The van der Waals surface area contributed by atoms with Gasteiger partial charge in [-0.3, -0.25) is 9.36 Å². The van der Waals surface area contributed by atoms with Crippen molar-refractivity contribution in [2.75, 3.05) is 52.2 Å². The van der Waals surface area contributed by atoms with E-state index in [0.29, 0.717) is 19.7 Å². The quantitative estimate of drug-likeness (QED) is 0.277. The average molecular weight is 542 g/mol. The van der Waals surface area contributed by atoms with E-state index in [0.717, 1.165) is 18.4 Å². The van der Waals surface area contributed by atoms with Gasteiger partial charge in [-0.15, -0.1) is 0 Å². The molecule has 0 saturated carbocycles. The summed E-state index contributed by atoms with van der Waals surface area (Å²) in [6.07, 6.45) is 0.559. The Morgan fingerprint density at radius 1 is 0.946 bits per heavy atom. The second-order valence-electron chi connectivity index (χ2n) is 8.50. The Bertz CT molecular complexity index is 883. The Labute approximate surface area is 219 Å². The molecule has 1 aromatic carbocycles. The number of amides is 3. The van der Waals surface area contributed by atoms with Crippen LogP contribution >= 0.6 is 7.60 Å². The summed E-state index contributed by atoms with van der Waals surface area (Å²) < 4.78 is 34.2. The van der Waals surface area contributed by atoms with Crippen molar-refractivity contribution in [3.05, 3.63) is 35.9 Å². The molecule has 0 spiro atoms. The van der Waals surface area contributed by atoms with Gasteiger partial charge in [-0.1, -0.05) is 43.7 Å². The predicted octanol–water partition coefficient (Wildman–Crippen LogP) is 4.02. The summed E-state index contributed by atoms with van der Waals surface area (Å²) in [6, 6.07) is 8.17. The SMILES string of the molecule is CCCCOC(=O)N1CCN(C(=O)C(CCP(=O)(OCC)OCC)NC(=O)OCc2ccccc2)CC1. The fraction of sp³-hybridized carbons (Fsp3) is 0.640. The van der Waals surface area contributed by atoms with E-state index in [9.17, 15) is 18.9 Å². The molecule has 1 saturated heterocycles. The summed E-state index contributed by atoms with van der Waals surface area (Å²) in [5.74, 6) is -0.352. The van der Waals surface area contributed by atoms with Gasteiger partial charge in [0.25, 0.3) is 0 Å². The van der Waals surface area contributed by atoms with E-state index in [4.69, 9.17) is 18.5 Å². The van der Waals surface area contributed by atoms with Crippen LogP contribution in [0.1, 0.15) is 45.6 Å². The fourth-order valence-electron chi connectivity index (χ4n) is 3.74. The number of rotatable bonds is 14. The number of unbranched alkanes of at least 4 members (excludes halogenated alkanes) is 1. The van der Waals surface area contributed by atoms with Crippen molar-refractivity contribution in [3.63, 3.8) is 0 Å². The lowest BCUT2D eigenvalue weighted by molar-refractivity contribution is -0.135. The molecule has 0 aliphatic carbocycles. The van der Waals surface area contributed by atoms with Crippen molar-refractivity contribution < 1.29 is 37.5 Å². The predicted molar refractivity (Wildman–Crippen MR) is 138 cm³/mol. The van der Waals surface area contributed by atoms with E-state index in [-0.39, 0.29) is 51.4 Å². The molecule has 0 aromatic heterocycles. The van der Waals surface area contributed by atoms with Gasteiger partial charge in [0.15, 0.2) is 0 Å². The summed E-state index contributed by atoms with van der Waals surface area (Å²) in [7, 11) is -3.43. The van der Waals surface area contributed by atoms with Gasteiger partial charge in [-0.25, -0.2) is 9.59 Å². The second-order valence-corrected chi connectivity index (χ2v) is 10.7. The summed E-state index contributed by atoms with van der Waals surface area (Å²) in [4.78, 5) is 41.3. The minimum atomic E-state index is -3.43. The number of piperazine rings is 1. The van der Waals surface area contributed by atoms with Crippen molar-refractivity contribution in [2.45, 2.75) is 52.7 Å². The average Bonchev–Trinajstić information content (AvgIpc) is 2.90. The molecule has 1 aliphatic heterocycles. The summed E-state index contributed by atoms with van der Waals surface area (Å²) >= 11 is 0. The highest BCUT2D eigenvalue weighted by Crippen LogP contribution is 2.48. The Morgan fingerprint density at radius 2 is 1.57 bits per heavy atom. The highest BCUT2D eigenvalue weighted by Gasteiger charge is 2.33. The number of hydrogen-bond donors (Lipinski definition) is 1. The third-order valence-corrected chi connectivity index (χ3v) is 7.83. The molecule has 1 heterocycles. The monoisotopic (exact) mass is 541 g/mol. The molecular weight excluding hydrogens is 501 g/mol. The highest BCUT2D eigenvalue weighted by atomic mass is 31.2. The van der Waals surface area contributed by atoms with Gasteiger partial charge in [0, 0.05) is 26.2 Å². The lowest BCUT2D eigenvalue weighted by Crippen LogP contribution is -2.56. The Hall–Kier alpha value is -2.62. The molecule has 1 unspecified atom stereocenters. The van der Waals surface area contributed by atoms with Crippen molar-refractivity contribution in [1.29, 1.82) is 0 Å². The number of carbonyl (C=O) groups excluding carboxylic acids is 3. The van der Waals surface area contributed by atoms with E-state index in [1.807, 2.05) is 37.3 Å². The lowest BCUT2D eigenvalue weighted by Gasteiger charge is -2.36. The first kappa shape index (κ1) is 30.6.